The van der Waals surface area contributed by atoms with Crippen molar-refractivity contribution in [1.82, 2.24) is 8.54 Å². The summed E-state index contributed by atoms with van der Waals surface area (Å²) in [6.07, 6.45) is 3.88. The molecular formula is C22H27BN2O5S. The van der Waals surface area contributed by atoms with Gasteiger partial charge in [-0.25, -0.2) is 12.4 Å². The fourth-order valence-corrected chi connectivity index (χ4v) is 5.07. The minimum absolute atomic E-state index is 0.0780. The molecule has 0 amide bonds. The summed E-state index contributed by atoms with van der Waals surface area (Å²) in [6.45, 7) is 9.79. The van der Waals surface area contributed by atoms with Crippen LogP contribution in [0.1, 0.15) is 40.2 Å². The van der Waals surface area contributed by atoms with Crippen molar-refractivity contribution in [3.8, 4) is 0 Å². The monoisotopic (exact) mass is 442 g/mol. The molecule has 2 aromatic heterocycles. The maximum atomic E-state index is 13.4. The highest BCUT2D eigenvalue weighted by molar-refractivity contribution is 7.90. The fourth-order valence-electron chi connectivity index (χ4n) is 3.73. The van der Waals surface area contributed by atoms with Crippen molar-refractivity contribution in [3.63, 3.8) is 0 Å². The smallest absolute Gasteiger partial charge is 0.399 e. The van der Waals surface area contributed by atoms with E-state index in [1.807, 2.05) is 34.6 Å². The summed E-state index contributed by atoms with van der Waals surface area (Å²) < 4.78 is 41.5. The van der Waals surface area contributed by atoms with Gasteiger partial charge in [-0.3, -0.25) is 4.79 Å². The van der Waals surface area contributed by atoms with Gasteiger partial charge < -0.3 is 13.9 Å². The van der Waals surface area contributed by atoms with Gasteiger partial charge in [0.25, 0.3) is 15.6 Å². The fraction of sp³-hybridized carbons (Fsp3) is 0.409. The SMILES string of the molecule is CCc1ccc(S(=O)(=O)n2ccc3c(B4OC(C)(C)C(C)(C)O4)cn(C)c(=O)c32)cc1. The van der Waals surface area contributed by atoms with Gasteiger partial charge in [-0.15, -0.1) is 0 Å². The van der Waals surface area contributed by atoms with Crippen LogP contribution in [-0.2, 0) is 32.8 Å². The van der Waals surface area contributed by atoms with Gasteiger partial charge in [-0.1, -0.05) is 19.1 Å². The van der Waals surface area contributed by atoms with Crippen LogP contribution in [0.4, 0.5) is 0 Å². The van der Waals surface area contributed by atoms with Crippen LogP contribution in [0.3, 0.4) is 0 Å². The third kappa shape index (κ3) is 3.35. The predicted molar refractivity (Wildman–Crippen MR) is 121 cm³/mol. The lowest BCUT2D eigenvalue weighted by atomic mass is 9.78. The summed E-state index contributed by atoms with van der Waals surface area (Å²) in [6, 6.07) is 8.35. The maximum absolute atomic E-state index is 13.4. The van der Waals surface area contributed by atoms with E-state index >= 15 is 0 Å². The number of nitrogens with zero attached hydrogens (tertiary/aromatic N) is 2. The third-order valence-electron chi connectivity index (χ3n) is 6.41. The summed E-state index contributed by atoms with van der Waals surface area (Å²) in [4.78, 5) is 13.1. The van der Waals surface area contributed by atoms with Crippen molar-refractivity contribution in [1.29, 1.82) is 0 Å². The Balaban J connectivity index is 1.90. The average Bonchev–Trinajstić information content (AvgIpc) is 3.24. The quantitative estimate of drug-likeness (QED) is 0.580. The first kappa shape index (κ1) is 21.9. The molecule has 0 aliphatic carbocycles. The second kappa shape index (κ2) is 7.08. The van der Waals surface area contributed by atoms with Crippen LogP contribution >= 0.6 is 0 Å². The standard InChI is InChI=1S/C22H27BN2O5S/c1-7-15-8-10-16(11-9-15)31(27,28)25-13-12-17-18(14-24(6)20(26)19(17)25)23-29-21(2,3)22(4,5)30-23/h8-14H,7H2,1-6H3. The summed E-state index contributed by atoms with van der Waals surface area (Å²) in [5.41, 5.74) is 0.201. The molecular weight excluding hydrogens is 415 g/mol. The lowest BCUT2D eigenvalue weighted by molar-refractivity contribution is 0.00578. The van der Waals surface area contributed by atoms with Gasteiger partial charge in [-0.05, 0) is 57.9 Å². The number of hydrogen-bond donors (Lipinski definition) is 0. The van der Waals surface area contributed by atoms with E-state index in [4.69, 9.17) is 9.31 Å². The molecule has 0 N–H and O–H groups in total. The van der Waals surface area contributed by atoms with Crippen molar-refractivity contribution in [3.05, 3.63) is 58.6 Å². The summed E-state index contributed by atoms with van der Waals surface area (Å²) in [5, 5.41) is 0.496. The topological polar surface area (TPSA) is 79.5 Å². The highest BCUT2D eigenvalue weighted by atomic mass is 32.2. The maximum Gasteiger partial charge on any atom is 0.497 e. The first-order valence-corrected chi connectivity index (χ1v) is 11.7. The highest BCUT2D eigenvalue weighted by Crippen LogP contribution is 2.37. The lowest BCUT2D eigenvalue weighted by Crippen LogP contribution is -2.41. The van der Waals surface area contributed by atoms with Gasteiger partial charge in [0, 0.05) is 30.3 Å². The number of pyridine rings is 1. The zero-order chi connectivity index (χ0) is 22.8. The van der Waals surface area contributed by atoms with Crippen molar-refractivity contribution in [2.24, 2.45) is 7.05 Å². The van der Waals surface area contributed by atoms with Crippen LogP contribution < -0.4 is 11.0 Å². The van der Waals surface area contributed by atoms with E-state index < -0.39 is 33.9 Å². The molecule has 31 heavy (non-hydrogen) atoms. The van der Waals surface area contributed by atoms with Crippen molar-refractivity contribution in [2.75, 3.05) is 0 Å². The van der Waals surface area contributed by atoms with E-state index in [1.165, 1.54) is 10.8 Å². The largest absolute Gasteiger partial charge is 0.497 e. The normalized spacial score (nSPS) is 18.1. The van der Waals surface area contributed by atoms with Crippen LogP contribution in [-0.4, -0.2) is 35.3 Å². The highest BCUT2D eigenvalue weighted by Gasteiger charge is 2.52. The van der Waals surface area contributed by atoms with Crippen LogP contribution in [0.2, 0.25) is 0 Å². The average molecular weight is 442 g/mol. The minimum atomic E-state index is -3.95. The number of fused-ring (bicyclic) bond motifs is 1. The molecule has 0 bridgehead atoms. The Labute approximate surface area is 182 Å². The van der Waals surface area contributed by atoms with E-state index in [-0.39, 0.29) is 10.4 Å². The minimum Gasteiger partial charge on any atom is -0.399 e. The molecule has 9 heteroatoms. The molecule has 0 radical (unpaired) electrons. The Hall–Kier alpha value is -2.36. The molecule has 3 heterocycles. The van der Waals surface area contributed by atoms with E-state index in [0.717, 1.165) is 16.0 Å². The van der Waals surface area contributed by atoms with Gasteiger partial charge in [-0.2, -0.15) is 0 Å². The molecule has 164 valence electrons. The van der Waals surface area contributed by atoms with Gasteiger partial charge in [0.2, 0.25) is 0 Å². The number of aromatic nitrogens is 2. The molecule has 0 saturated carbocycles. The van der Waals surface area contributed by atoms with Gasteiger partial charge >= 0.3 is 7.12 Å². The van der Waals surface area contributed by atoms with E-state index in [0.29, 0.717) is 10.8 Å². The lowest BCUT2D eigenvalue weighted by Gasteiger charge is -2.32. The van der Waals surface area contributed by atoms with Crippen LogP contribution in [0.15, 0.2) is 52.4 Å². The van der Waals surface area contributed by atoms with Crippen molar-refractivity contribution < 1.29 is 17.7 Å². The first-order valence-electron chi connectivity index (χ1n) is 10.3. The van der Waals surface area contributed by atoms with Crippen LogP contribution in [0.25, 0.3) is 10.9 Å². The predicted octanol–water partition coefficient (Wildman–Crippen LogP) is 2.44. The molecule has 3 aromatic rings. The molecule has 7 nitrogen and oxygen atoms in total. The van der Waals surface area contributed by atoms with Gasteiger partial charge in [0.1, 0.15) is 5.52 Å². The van der Waals surface area contributed by atoms with Crippen LogP contribution in [0, 0.1) is 0 Å². The molecule has 0 atom stereocenters. The molecule has 1 aliphatic heterocycles. The second-order valence-electron chi connectivity index (χ2n) is 8.97. The Bertz CT molecular complexity index is 1300. The molecule has 4 rings (SSSR count). The Morgan fingerprint density at radius 1 is 1.00 bits per heavy atom. The molecule has 1 aromatic carbocycles. The Morgan fingerprint density at radius 2 is 1.58 bits per heavy atom. The third-order valence-corrected chi connectivity index (χ3v) is 8.10. The van der Waals surface area contributed by atoms with E-state index in [1.54, 1.807) is 43.6 Å². The van der Waals surface area contributed by atoms with Crippen LogP contribution in [0.5, 0.6) is 0 Å². The number of rotatable bonds is 4. The van der Waals surface area contributed by atoms with Gasteiger partial charge in [0.05, 0.1) is 16.1 Å². The number of hydrogen-bond acceptors (Lipinski definition) is 5. The molecule has 0 spiro atoms. The molecule has 1 aliphatic rings. The summed E-state index contributed by atoms with van der Waals surface area (Å²) in [7, 11) is -3.08. The Kier molecular flexibility index (Phi) is 4.99. The first-order chi connectivity index (χ1) is 14.4. The van der Waals surface area contributed by atoms with Crippen molar-refractivity contribution >= 4 is 33.5 Å². The van der Waals surface area contributed by atoms with Gasteiger partial charge in [0.15, 0.2) is 0 Å². The van der Waals surface area contributed by atoms with Crippen molar-refractivity contribution in [2.45, 2.75) is 57.1 Å². The summed E-state index contributed by atoms with van der Waals surface area (Å²) in [5.74, 6) is 0. The second-order valence-corrected chi connectivity index (χ2v) is 10.8. The van der Waals surface area contributed by atoms with E-state index in [2.05, 4.69) is 0 Å². The van der Waals surface area contributed by atoms with E-state index in [9.17, 15) is 13.2 Å². The zero-order valence-electron chi connectivity index (χ0n) is 18.7. The molecule has 1 saturated heterocycles. The zero-order valence-corrected chi connectivity index (χ0v) is 19.5. The molecule has 0 unspecified atom stereocenters. The Morgan fingerprint density at radius 3 is 2.13 bits per heavy atom. The molecule has 1 fully saturated rings. The number of benzene rings is 1. The summed E-state index contributed by atoms with van der Waals surface area (Å²) >= 11 is 0. The number of aryl methyl sites for hydroxylation is 2.